The number of nitrogens with zero attached hydrogens (tertiary/aromatic N) is 1. The molecule has 0 N–H and O–H groups in total. The first-order valence-electron chi connectivity index (χ1n) is 10.9. The zero-order chi connectivity index (χ0) is 21.8. The van der Waals surface area contributed by atoms with Gasteiger partial charge < -0.3 is 4.90 Å². The van der Waals surface area contributed by atoms with Gasteiger partial charge in [-0.3, -0.25) is 0 Å². The Morgan fingerprint density at radius 3 is 1.53 bits per heavy atom. The highest BCUT2D eigenvalue weighted by atomic mass is 15.1. The number of hydrogen-bond acceptors (Lipinski definition) is 1. The molecule has 1 heteroatoms. The van der Waals surface area contributed by atoms with Crippen molar-refractivity contribution in [3.05, 3.63) is 133 Å². The lowest BCUT2D eigenvalue weighted by Crippen LogP contribution is -2.09. The summed E-state index contributed by atoms with van der Waals surface area (Å²) in [5, 5.41) is 0. The van der Waals surface area contributed by atoms with Crippen molar-refractivity contribution < 1.29 is 0 Å². The van der Waals surface area contributed by atoms with Crippen LogP contribution in [0.15, 0.2) is 133 Å². The molecule has 0 amide bonds. The Morgan fingerprint density at radius 1 is 0.375 bits per heavy atom. The van der Waals surface area contributed by atoms with Gasteiger partial charge in [-0.15, -0.1) is 0 Å². The minimum absolute atomic E-state index is 1.16. The van der Waals surface area contributed by atoms with E-state index < -0.39 is 0 Å². The van der Waals surface area contributed by atoms with Crippen molar-refractivity contribution in [1.82, 2.24) is 0 Å². The fraction of sp³-hybridized carbons (Fsp3) is 0.0323. The van der Waals surface area contributed by atoms with Crippen molar-refractivity contribution in [3.8, 4) is 33.4 Å². The molecule has 1 nitrogen and oxygen atoms in total. The Balaban J connectivity index is 1.46. The van der Waals surface area contributed by atoms with E-state index in [2.05, 4.69) is 145 Å². The molecule has 0 saturated carbocycles. The van der Waals surface area contributed by atoms with Gasteiger partial charge >= 0.3 is 0 Å². The van der Waals surface area contributed by atoms with E-state index in [9.17, 15) is 0 Å². The molecule has 0 saturated heterocycles. The molecule has 5 aromatic carbocycles. The SMILES string of the molecule is CN(c1ccc(-c2ccccc2)cc1)c1cccc(-c2ccccc2-c2ccccc2)c1. The molecular formula is C31H25N. The second kappa shape index (κ2) is 8.95. The van der Waals surface area contributed by atoms with Crippen LogP contribution >= 0.6 is 0 Å². The van der Waals surface area contributed by atoms with Crippen molar-refractivity contribution in [1.29, 1.82) is 0 Å². The molecule has 32 heavy (non-hydrogen) atoms. The lowest BCUT2D eigenvalue weighted by molar-refractivity contribution is 1.21. The molecule has 0 atom stereocenters. The average molecular weight is 412 g/mol. The molecular weight excluding hydrogens is 386 g/mol. The first kappa shape index (κ1) is 19.8. The Kier molecular flexibility index (Phi) is 5.55. The molecule has 0 heterocycles. The van der Waals surface area contributed by atoms with Crippen molar-refractivity contribution in [2.75, 3.05) is 11.9 Å². The Hall–Kier alpha value is -4.10. The summed E-state index contributed by atoms with van der Waals surface area (Å²) in [7, 11) is 2.12. The van der Waals surface area contributed by atoms with Crippen LogP contribution in [-0.4, -0.2) is 7.05 Å². The van der Waals surface area contributed by atoms with Crippen LogP contribution in [0.25, 0.3) is 33.4 Å². The summed E-state index contributed by atoms with van der Waals surface area (Å²) in [5.74, 6) is 0. The smallest absolute Gasteiger partial charge is 0.0414 e. The maximum Gasteiger partial charge on any atom is 0.0414 e. The topological polar surface area (TPSA) is 3.24 Å². The summed E-state index contributed by atoms with van der Waals surface area (Å²) in [4.78, 5) is 2.24. The molecule has 5 aromatic rings. The van der Waals surface area contributed by atoms with Gasteiger partial charge in [0.15, 0.2) is 0 Å². The molecule has 0 aliphatic carbocycles. The van der Waals surface area contributed by atoms with Gasteiger partial charge in [0, 0.05) is 18.4 Å². The van der Waals surface area contributed by atoms with E-state index in [0.29, 0.717) is 0 Å². The standard InChI is InChI=1S/C31H25N/c1-32(28-21-19-25(20-22-28)24-11-4-2-5-12-24)29-16-10-15-27(23-29)31-18-9-8-17-30(31)26-13-6-3-7-14-26/h2-23H,1H3. The van der Waals surface area contributed by atoms with Crippen molar-refractivity contribution in [2.24, 2.45) is 0 Å². The van der Waals surface area contributed by atoms with E-state index in [0.717, 1.165) is 11.4 Å². The fourth-order valence-corrected chi connectivity index (χ4v) is 4.14. The van der Waals surface area contributed by atoms with Crippen LogP contribution in [0.4, 0.5) is 11.4 Å². The Morgan fingerprint density at radius 2 is 0.875 bits per heavy atom. The average Bonchev–Trinajstić information content (AvgIpc) is 2.89. The van der Waals surface area contributed by atoms with E-state index >= 15 is 0 Å². The summed E-state index contributed by atoms with van der Waals surface area (Å²) >= 11 is 0. The number of benzene rings is 5. The van der Waals surface area contributed by atoms with Crippen LogP contribution < -0.4 is 4.90 Å². The van der Waals surface area contributed by atoms with Crippen LogP contribution in [-0.2, 0) is 0 Å². The third kappa shape index (κ3) is 4.06. The van der Waals surface area contributed by atoms with Crippen LogP contribution in [0.2, 0.25) is 0 Å². The molecule has 0 spiro atoms. The zero-order valence-electron chi connectivity index (χ0n) is 18.1. The maximum absolute atomic E-state index is 2.27. The van der Waals surface area contributed by atoms with E-state index in [1.807, 2.05) is 0 Å². The highest BCUT2D eigenvalue weighted by Crippen LogP contribution is 2.35. The maximum atomic E-state index is 2.27. The molecule has 0 aromatic heterocycles. The molecule has 154 valence electrons. The predicted octanol–water partition coefficient (Wildman–Crippen LogP) is 8.46. The van der Waals surface area contributed by atoms with E-state index in [1.165, 1.54) is 33.4 Å². The minimum atomic E-state index is 1.16. The van der Waals surface area contributed by atoms with Crippen molar-refractivity contribution in [3.63, 3.8) is 0 Å². The molecule has 0 radical (unpaired) electrons. The number of anilines is 2. The van der Waals surface area contributed by atoms with Gasteiger partial charge in [-0.25, -0.2) is 0 Å². The van der Waals surface area contributed by atoms with Gasteiger partial charge in [-0.2, -0.15) is 0 Å². The van der Waals surface area contributed by atoms with Crippen LogP contribution in [0, 0.1) is 0 Å². The first-order chi connectivity index (χ1) is 15.8. The molecule has 0 bridgehead atoms. The monoisotopic (exact) mass is 411 g/mol. The predicted molar refractivity (Wildman–Crippen MR) is 137 cm³/mol. The van der Waals surface area contributed by atoms with Gasteiger partial charge in [0.1, 0.15) is 0 Å². The van der Waals surface area contributed by atoms with E-state index in [4.69, 9.17) is 0 Å². The van der Waals surface area contributed by atoms with Gasteiger partial charge in [0.25, 0.3) is 0 Å². The summed E-state index contributed by atoms with van der Waals surface area (Å²) < 4.78 is 0. The molecule has 0 unspecified atom stereocenters. The first-order valence-corrected chi connectivity index (χ1v) is 10.9. The molecule has 0 aliphatic heterocycles. The Bertz CT molecular complexity index is 1310. The third-order valence-corrected chi connectivity index (χ3v) is 5.92. The molecule has 5 rings (SSSR count). The van der Waals surface area contributed by atoms with Crippen LogP contribution in [0.1, 0.15) is 0 Å². The van der Waals surface area contributed by atoms with Crippen LogP contribution in [0.5, 0.6) is 0 Å². The zero-order valence-corrected chi connectivity index (χ0v) is 18.1. The largest absolute Gasteiger partial charge is 0.345 e. The molecule has 0 aliphatic rings. The third-order valence-electron chi connectivity index (χ3n) is 5.92. The highest BCUT2D eigenvalue weighted by Gasteiger charge is 2.10. The summed E-state index contributed by atoms with van der Waals surface area (Å²) in [6.45, 7) is 0. The fourth-order valence-electron chi connectivity index (χ4n) is 4.14. The minimum Gasteiger partial charge on any atom is -0.345 e. The lowest BCUT2D eigenvalue weighted by Gasteiger charge is -2.21. The summed E-state index contributed by atoms with van der Waals surface area (Å²) in [6.07, 6.45) is 0. The highest BCUT2D eigenvalue weighted by molar-refractivity contribution is 5.85. The number of rotatable bonds is 5. The second-order valence-electron chi connectivity index (χ2n) is 7.93. The van der Waals surface area contributed by atoms with E-state index in [-0.39, 0.29) is 0 Å². The van der Waals surface area contributed by atoms with Gasteiger partial charge in [-0.1, -0.05) is 109 Å². The van der Waals surface area contributed by atoms with Crippen molar-refractivity contribution >= 4 is 11.4 Å². The summed E-state index contributed by atoms with van der Waals surface area (Å²) in [5.41, 5.74) is 9.74. The van der Waals surface area contributed by atoms with Gasteiger partial charge in [0.05, 0.1) is 0 Å². The number of hydrogen-bond donors (Lipinski definition) is 0. The van der Waals surface area contributed by atoms with Crippen molar-refractivity contribution in [2.45, 2.75) is 0 Å². The van der Waals surface area contributed by atoms with E-state index in [1.54, 1.807) is 0 Å². The second-order valence-corrected chi connectivity index (χ2v) is 7.93. The van der Waals surface area contributed by atoms with Gasteiger partial charge in [-0.05, 0) is 57.6 Å². The van der Waals surface area contributed by atoms with Crippen LogP contribution in [0.3, 0.4) is 0 Å². The Labute approximate surface area is 190 Å². The normalized spacial score (nSPS) is 10.7. The van der Waals surface area contributed by atoms with Gasteiger partial charge in [0.2, 0.25) is 0 Å². The summed E-state index contributed by atoms with van der Waals surface area (Å²) in [6, 6.07) is 47.2. The lowest BCUT2D eigenvalue weighted by atomic mass is 9.94. The quantitative estimate of drug-likeness (QED) is 0.280. The molecule has 0 fully saturated rings.